The zero-order chi connectivity index (χ0) is 28.2. The molecule has 1 aliphatic carbocycles. The number of aromatic nitrogens is 5. The summed E-state index contributed by atoms with van der Waals surface area (Å²) < 4.78 is 19.2. The van der Waals surface area contributed by atoms with Gasteiger partial charge < -0.3 is 5.32 Å². The number of hydrogen-bond donors (Lipinski definition) is 1. The molecule has 0 radical (unpaired) electrons. The Balaban J connectivity index is 1.16. The van der Waals surface area contributed by atoms with E-state index in [1.165, 1.54) is 22.9 Å². The van der Waals surface area contributed by atoms with E-state index in [2.05, 4.69) is 31.6 Å². The molecule has 9 nitrogen and oxygen atoms in total. The number of rotatable bonds is 8. The average molecular weight is 610 g/mol. The van der Waals surface area contributed by atoms with Gasteiger partial charge in [-0.3, -0.25) is 18.7 Å². The Morgan fingerprint density at radius 2 is 1.85 bits per heavy atom. The molecule has 0 saturated heterocycles. The molecule has 5 rings (SSSR count). The van der Waals surface area contributed by atoms with Crippen molar-refractivity contribution in [2.45, 2.75) is 63.7 Å². The van der Waals surface area contributed by atoms with Crippen molar-refractivity contribution in [1.29, 1.82) is 0 Å². The molecule has 0 bridgehead atoms. The lowest BCUT2D eigenvalue weighted by Crippen LogP contribution is -2.45. The van der Waals surface area contributed by atoms with Crippen LogP contribution in [0.25, 0.3) is 0 Å². The summed E-state index contributed by atoms with van der Waals surface area (Å²) >= 11 is 3.28. The van der Waals surface area contributed by atoms with Gasteiger partial charge in [-0.25, -0.2) is 13.9 Å². The summed E-state index contributed by atoms with van der Waals surface area (Å²) in [5.41, 5.74) is 1.29. The first kappa shape index (κ1) is 27.7. The molecule has 2 aromatic heterocycles. The molecule has 11 heteroatoms. The highest BCUT2D eigenvalue weighted by Crippen LogP contribution is 2.32. The summed E-state index contributed by atoms with van der Waals surface area (Å²) in [6.07, 6.45) is 6.42. The van der Waals surface area contributed by atoms with Gasteiger partial charge in [0, 0.05) is 40.5 Å². The molecule has 1 fully saturated rings. The largest absolute Gasteiger partial charge is 0.352 e. The van der Waals surface area contributed by atoms with Gasteiger partial charge >= 0.3 is 5.69 Å². The van der Waals surface area contributed by atoms with Crippen molar-refractivity contribution in [3.05, 3.63) is 115 Å². The van der Waals surface area contributed by atoms with Gasteiger partial charge in [0.1, 0.15) is 12.4 Å². The molecule has 1 amide bonds. The van der Waals surface area contributed by atoms with Crippen molar-refractivity contribution >= 4 is 21.8 Å². The molecule has 0 aliphatic heterocycles. The van der Waals surface area contributed by atoms with Crippen LogP contribution in [0.2, 0.25) is 0 Å². The fourth-order valence-electron chi connectivity index (χ4n) is 5.20. The van der Waals surface area contributed by atoms with Crippen LogP contribution in [-0.2, 0) is 17.9 Å². The standard InChI is InChI=1S/C29H30BrFN6O3/c1-19(24-12-9-22(30)15-25(24)31)37-17-26(33-34-37)21-7-10-23(11-8-21)32-27(38)18-36-28(39)13-14-35(29(36)40)16-20-5-3-2-4-6-20/h2-6,9,12-15,17,19,21,23H,7-8,10-11,16,18H2,1H3,(H,32,38)/t19-,21?,23?/m0/s1. The number of hydrogen-bond acceptors (Lipinski definition) is 5. The number of carbonyl (C=O) groups excluding carboxylic acids is 1. The van der Waals surface area contributed by atoms with Gasteiger partial charge in [0.15, 0.2) is 0 Å². The third kappa shape index (κ3) is 6.30. The first-order valence-corrected chi connectivity index (χ1v) is 14.1. The second-order valence-corrected chi connectivity index (χ2v) is 11.1. The van der Waals surface area contributed by atoms with E-state index in [9.17, 15) is 18.8 Å². The maximum absolute atomic E-state index is 14.4. The van der Waals surface area contributed by atoms with Crippen molar-refractivity contribution in [2.75, 3.05) is 0 Å². The number of halogens is 2. The molecule has 2 heterocycles. The Labute approximate surface area is 238 Å². The normalized spacial score (nSPS) is 17.9. The van der Waals surface area contributed by atoms with Gasteiger partial charge in [0.05, 0.1) is 18.3 Å². The lowest BCUT2D eigenvalue weighted by atomic mass is 9.84. The smallest absolute Gasteiger partial charge is 0.331 e. The fraction of sp³-hybridized carbons (Fsp3) is 0.345. The molecule has 1 atom stereocenters. The molecule has 4 aromatic rings. The van der Waals surface area contributed by atoms with Crippen LogP contribution >= 0.6 is 15.9 Å². The van der Waals surface area contributed by atoms with Crippen LogP contribution < -0.4 is 16.6 Å². The molecule has 2 aromatic carbocycles. The predicted octanol–water partition coefficient (Wildman–Crippen LogP) is 4.00. The van der Waals surface area contributed by atoms with Crippen molar-refractivity contribution in [3.8, 4) is 0 Å². The molecule has 0 spiro atoms. The van der Waals surface area contributed by atoms with E-state index in [0.29, 0.717) is 16.6 Å². The lowest BCUT2D eigenvalue weighted by molar-refractivity contribution is -0.122. The SMILES string of the molecule is C[C@@H](c1ccc(Br)cc1F)n1cc(C2CCC(NC(=O)Cn3c(=O)ccn(Cc4ccccc4)c3=O)CC2)nn1. The van der Waals surface area contributed by atoms with Gasteiger partial charge in [0.2, 0.25) is 5.91 Å². The number of nitrogens with zero attached hydrogens (tertiary/aromatic N) is 5. The second-order valence-electron chi connectivity index (χ2n) is 10.2. The van der Waals surface area contributed by atoms with Crippen LogP contribution in [0.3, 0.4) is 0 Å². The van der Waals surface area contributed by atoms with Crippen molar-refractivity contribution < 1.29 is 9.18 Å². The topological polar surface area (TPSA) is 104 Å². The van der Waals surface area contributed by atoms with Crippen molar-refractivity contribution in [1.82, 2.24) is 29.4 Å². The zero-order valence-corrected chi connectivity index (χ0v) is 23.6. The van der Waals surface area contributed by atoms with Crippen molar-refractivity contribution in [3.63, 3.8) is 0 Å². The molecule has 1 saturated carbocycles. The zero-order valence-electron chi connectivity index (χ0n) is 22.0. The van der Waals surface area contributed by atoms with E-state index in [1.807, 2.05) is 43.5 Å². The van der Waals surface area contributed by atoms with Crippen molar-refractivity contribution in [2.24, 2.45) is 0 Å². The number of amides is 1. The van der Waals surface area contributed by atoms with E-state index >= 15 is 0 Å². The summed E-state index contributed by atoms with van der Waals surface area (Å²) in [5, 5.41) is 11.6. The Hall–Kier alpha value is -3.86. The highest BCUT2D eigenvalue weighted by molar-refractivity contribution is 9.10. The maximum atomic E-state index is 14.4. The fourth-order valence-corrected chi connectivity index (χ4v) is 5.54. The van der Waals surface area contributed by atoms with Crippen LogP contribution in [0.4, 0.5) is 4.39 Å². The Morgan fingerprint density at radius 3 is 2.58 bits per heavy atom. The van der Waals surface area contributed by atoms with Gasteiger partial charge in [-0.2, -0.15) is 0 Å². The van der Waals surface area contributed by atoms with Gasteiger partial charge in [-0.05, 0) is 50.3 Å². The number of nitrogens with one attached hydrogen (secondary N) is 1. The Morgan fingerprint density at radius 1 is 1.10 bits per heavy atom. The van der Waals surface area contributed by atoms with Gasteiger partial charge in [0.25, 0.3) is 5.56 Å². The molecule has 0 unspecified atom stereocenters. The minimum atomic E-state index is -0.518. The minimum Gasteiger partial charge on any atom is -0.352 e. The quantitative estimate of drug-likeness (QED) is 0.326. The van der Waals surface area contributed by atoms with E-state index in [0.717, 1.165) is 41.5 Å². The monoisotopic (exact) mass is 608 g/mol. The summed E-state index contributed by atoms with van der Waals surface area (Å²) in [5.74, 6) is -0.481. The average Bonchev–Trinajstić information content (AvgIpc) is 3.44. The highest BCUT2D eigenvalue weighted by Gasteiger charge is 2.26. The van der Waals surface area contributed by atoms with Crippen LogP contribution in [0.15, 0.2) is 81.1 Å². The van der Waals surface area contributed by atoms with E-state index in [1.54, 1.807) is 16.8 Å². The third-order valence-electron chi connectivity index (χ3n) is 7.49. The predicted molar refractivity (Wildman–Crippen MR) is 152 cm³/mol. The summed E-state index contributed by atoms with van der Waals surface area (Å²) in [4.78, 5) is 38.1. The lowest BCUT2D eigenvalue weighted by Gasteiger charge is -2.28. The van der Waals surface area contributed by atoms with Crippen LogP contribution in [-0.4, -0.2) is 36.1 Å². The summed E-state index contributed by atoms with van der Waals surface area (Å²) in [6.45, 7) is 1.87. The molecule has 40 heavy (non-hydrogen) atoms. The van der Waals surface area contributed by atoms with Crippen LogP contribution in [0.5, 0.6) is 0 Å². The van der Waals surface area contributed by atoms with Crippen LogP contribution in [0, 0.1) is 5.82 Å². The van der Waals surface area contributed by atoms with Gasteiger partial charge in [-0.15, -0.1) is 5.10 Å². The second kappa shape index (κ2) is 12.1. The highest BCUT2D eigenvalue weighted by atomic mass is 79.9. The Kier molecular flexibility index (Phi) is 8.39. The first-order valence-electron chi connectivity index (χ1n) is 13.3. The van der Waals surface area contributed by atoms with E-state index in [4.69, 9.17) is 0 Å². The summed E-state index contributed by atoms with van der Waals surface area (Å²) in [7, 11) is 0. The third-order valence-corrected chi connectivity index (χ3v) is 7.98. The Bertz CT molecular complexity index is 1610. The molecular formula is C29H30BrFN6O3. The molecular weight excluding hydrogens is 579 g/mol. The summed E-state index contributed by atoms with van der Waals surface area (Å²) in [6, 6.07) is 15.4. The molecule has 1 N–H and O–H groups in total. The first-order chi connectivity index (χ1) is 19.3. The number of carbonyl (C=O) groups is 1. The van der Waals surface area contributed by atoms with E-state index in [-0.39, 0.29) is 36.3 Å². The molecule has 208 valence electrons. The minimum absolute atomic E-state index is 0.0551. The number of benzene rings is 2. The van der Waals surface area contributed by atoms with E-state index < -0.39 is 11.2 Å². The van der Waals surface area contributed by atoms with Gasteiger partial charge in [-0.1, -0.05) is 57.5 Å². The van der Waals surface area contributed by atoms with Crippen LogP contribution in [0.1, 0.15) is 61.4 Å². The maximum Gasteiger partial charge on any atom is 0.331 e. The molecule has 1 aliphatic rings.